The lowest BCUT2D eigenvalue weighted by Crippen LogP contribution is -2.11. The molecular formula is C16H11NO6. The van der Waals surface area contributed by atoms with Crippen molar-refractivity contribution in [2.24, 2.45) is 0 Å². The number of carbonyl (C=O) groups is 2. The van der Waals surface area contributed by atoms with E-state index in [9.17, 15) is 19.7 Å². The molecule has 0 aliphatic carbocycles. The van der Waals surface area contributed by atoms with Crippen LogP contribution < -0.4 is 0 Å². The molecule has 0 saturated heterocycles. The van der Waals surface area contributed by atoms with Gasteiger partial charge in [0.05, 0.1) is 10.5 Å². The van der Waals surface area contributed by atoms with Crippen molar-refractivity contribution in [1.29, 1.82) is 0 Å². The van der Waals surface area contributed by atoms with Crippen LogP contribution >= 0.6 is 0 Å². The van der Waals surface area contributed by atoms with Gasteiger partial charge in [0, 0.05) is 6.07 Å². The van der Waals surface area contributed by atoms with E-state index in [0.717, 1.165) is 6.08 Å². The molecule has 0 bridgehead atoms. The molecule has 2 N–H and O–H groups in total. The van der Waals surface area contributed by atoms with E-state index in [1.807, 2.05) is 0 Å². The number of nitro groups is 1. The average molecular weight is 313 g/mol. The fraction of sp³-hybridized carbons (Fsp3) is 0. The summed E-state index contributed by atoms with van der Waals surface area (Å²) >= 11 is 0. The minimum atomic E-state index is -1.59. The van der Waals surface area contributed by atoms with E-state index >= 15 is 0 Å². The quantitative estimate of drug-likeness (QED) is 0.288. The molecule has 2 aromatic carbocycles. The first-order valence-electron chi connectivity index (χ1n) is 6.43. The molecule has 0 heterocycles. The summed E-state index contributed by atoms with van der Waals surface area (Å²) < 4.78 is 0. The van der Waals surface area contributed by atoms with Crippen LogP contribution in [0.5, 0.6) is 0 Å². The minimum Gasteiger partial charge on any atom is -0.477 e. The molecular weight excluding hydrogens is 302 g/mol. The van der Waals surface area contributed by atoms with Crippen LogP contribution in [0, 0.1) is 10.1 Å². The number of aliphatic carboxylic acids is 2. The predicted octanol–water partition coefficient (Wildman–Crippen LogP) is 2.81. The zero-order valence-corrected chi connectivity index (χ0v) is 11.7. The Balaban J connectivity index is 2.69. The highest BCUT2D eigenvalue weighted by Crippen LogP contribution is 2.32. The van der Waals surface area contributed by atoms with E-state index < -0.39 is 22.4 Å². The summed E-state index contributed by atoms with van der Waals surface area (Å²) in [5.74, 6) is -3.18. The molecule has 0 atom stereocenters. The smallest absolute Gasteiger partial charge is 0.343 e. The van der Waals surface area contributed by atoms with Crippen molar-refractivity contribution in [3.05, 3.63) is 69.8 Å². The predicted molar refractivity (Wildman–Crippen MR) is 81.8 cm³/mol. The fourth-order valence-corrected chi connectivity index (χ4v) is 2.10. The van der Waals surface area contributed by atoms with Crippen LogP contribution in [0.4, 0.5) is 5.69 Å². The van der Waals surface area contributed by atoms with E-state index in [2.05, 4.69) is 0 Å². The number of nitrogens with zero attached hydrogens (tertiary/aromatic N) is 1. The number of carboxylic acids is 2. The van der Waals surface area contributed by atoms with Crippen LogP contribution in [-0.2, 0) is 9.59 Å². The molecule has 0 saturated carbocycles. The van der Waals surface area contributed by atoms with Gasteiger partial charge in [-0.05, 0) is 23.3 Å². The van der Waals surface area contributed by atoms with Gasteiger partial charge in [0.2, 0.25) is 0 Å². The Hall–Kier alpha value is -3.48. The zero-order chi connectivity index (χ0) is 17.0. The maximum Gasteiger partial charge on any atom is 0.343 e. The third kappa shape index (κ3) is 3.41. The Bertz CT molecular complexity index is 809. The first kappa shape index (κ1) is 15.9. The van der Waals surface area contributed by atoms with Crippen LogP contribution in [0.2, 0.25) is 0 Å². The number of hydrogen-bond donors (Lipinski definition) is 2. The number of nitro benzene ring substituents is 1. The average Bonchev–Trinajstić information content (AvgIpc) is 2.52. The van der Waals surface area contributed by atoms with Gasteiger partial charge in [-0.1, -0.05) is 36.4 Å². The first-order chi connectivity index (χ1) is 10.9. The van der Waals surface area contributed by atoms with Crippen LogP contribution in [-0.4, -0.2) is 27.1 Å². The lowest BCUT2D eigenvalue weighted by Gasteiger charge is -2.07. The maximum atomic E-state index is 11.1. The molecule has 0 unspecified atom stereocenters. The van der Waals surface area contributed by atoms with E-state index in [1.165, 1.54) is 24.3 Å². The molecule has 2 rings (SSSR count). The number of hydrogen-bond acceptors (Lipinski definition) is 4. The molecule has 0 aromatic heterocycles. The Morgan fingerprint density at radius 1 is 0.913 bits per heavy atom. The number of para-hydroxylation sites is 1. The van der Waals surface area contributed by atoms with Crippen molar-refractivity contribution in [1.82, 2.24) is 0 Å². The molecule has 0 spiro atoms. The molecule has 0 radical (unpaired) electrons. The van der Waals surface area contributed by atoms with Gasteiger partial charge in [0.1, 0.15) is 5.57 Å². The van der Waals surface area contributed by atoms with Gasteiger partial charge in [0.25, 0.3) is 5.69 Å². The lowest BCUT2D eigenvalue weighted by atomic mass is 9.97. The highest BCUT2D eigenvalue weighted by molar-refractivity contribution is 6.16. The van der Waals surface area contributed by atoms with Gasteiger partial charge in [-0.15, -0.1) is 0 Å². The van der Waals surface area contributed by atoms with Gasteiger partial charge in [0.15, 0.2) is 0 Å². The first-order valence-corrected chi connectivity index (χ1v) is 6.43. The van der Waals surface area contributed by atoms with Crippen LogP contribution in [0.3, 0.4) is 0 Å². The second-order valence-corrected chi connectivity index (χ2v) is 4.53. The minimum absolute atomic E-state index is 0.152. The molecule has 0 amide bonds. The van der Waals surface area contributed by atoms with Crippen molar-refractivity contribution in [3.8, 4) is 11.1 Å². The van der Waals surface area contributed by atoms with Gasteiger partial charge < -0.3 is 10.2 Å². The summed E-state index contributed by atoms with van der Waals surface area (Å²) in [4.78, 5) is 32.6. The topological polar surface area (TPSA) is 118 Å². The summed E-state index contributed by atoms with van der Waals surface area (Å²) in [6.45, 7) is 0. The third-order valence-corrected chi connectivity index (χ3v) is 3.11. The van der Waals surface area contributed by atoms with E-state index in [1.54, 1.807) is 24.3 Å². The molecule has 23 heavy (non-hydrogen) atoms. The van der Waals surface area contributed by atoms with Crippen molar-refractivity contribution in [3.63, 3.8) is 0 Å². The number of benzene rings is 2. The van der Waals surface area contributed by atoms with Crippen LogP contribution in [0.15, 0.2) is 54.1 Å². The number of carboxylic acid groups (broad SMARTS) is 2. The normalized spacial score (nSPS) is 9.91. The Morgan fingerprint density at radius 3 is 2.00 bits per heavy atom. The van der Waals surface area contributed by atoms with Gasteiger partial charge >= 0.3 is 11.9 Å². The monoisotopic (exact) mass is 313 g/mol. The summed E-state index contributed by atoms with van der Waals surface area (Å²) in [7, 11) is 0. The molecule has 116 valence electrons. The lowest BCUT2D eigenvalue weighted by molar-refractivity contribution is -0.384. The molecule has 0 aliphatic heterocycles. The molecule has 7 nitrogen and oxygen atoms in total. The van der Waals surface area contributed by atoms with Crippen LogP contribution in [0.1, 0.15) is 5.56 Å². The van der Waals surface area contributed by atoms with Gasteiger partial charge in [-0.3, -0.25) is 10.1 Å². The highest BCUT2D eigenvalue weighted by Gasteiger charge is 2.19. The molecule has 0 aliphatic rings. The maximum absolute atomic E-state index is 11.1. The Kier molecular flexibility index (Phi) is 4.51. The van der Waals surface area contributed by atoms with Crippen molar-refractivity contribution >= 4 is 23.7 Å². The Labute approximate surface area is 130 Å². The molecule has 2 aromatic rings. The van der Waals surface area contributed by atoms with Crippen molar-refractivity contribution in [2.75, 3.05) is 0 Å². The largest absolute Gasteiger partial charge is 0.477 e. The van der Waals surface area contributed by atoms with Crippen LogP contribution in [0.25, 0.3) is 17.2 Å². The van der Waals surface area contributed by atoms with Gasteiger partial charge in [-0.2, -0.15) is 0 Å². The highest BCUT2D eigenvalue weighted by atomic mass is 16.6. The summed E-state index contributed by atoms with van der Waals surface area (Å²) in [6.07, 6.45) is 0.983. The second kappa shape index (κ2) is 6.52. The third-order valence-electron chi connectivity index (χ3n) is 3.11. The molecule has 7 heteroatoms. The van der Waals surface area contributed by atoms with E-state index in [-0.39, 0.29) is 16.8 Å². The van der Waals surface area contributed by atoms with Crippen molar-refractivity contribution in [2.45, 2.75) is 0 Å². The van der Waals surface area contributed by atoms with E-state index in [4.69, 9.17) is 10.2 Å². The zero-order valence-electron chi connectivity index (χ0n) is 11.7. The standard InChI is InChI=1S/C16H11NO6/c18-15(19)13(16(20)21)9-10-5-1-2-6-11(10)12-7-3-4-8-14(12)17(22)23/h1-9H,(H,18,19)(H,20,21). The van der Waals surface area contributed by atoms with E-state index in [0.29, 0.717) is 5.56 Å². The summed E-state index contributed by atoms with van der Waals surface area (Å²) in [5.41, 5.74) is -0.0579. The second-order valence-electron chi connectivity index (χ2n) is 4.53. The number of rotatable bonds is 5. The fourth-order valence-electron chi connectivity index (χ4n) is 2.10. The van der Waals surface area contributed by atoms with Crippen molar-refractivity contribution < 1.29 is 24.7 Å². The summed E-state index contributed by atoms with van der Waals surface area (Å²) in [6, 6.07) is 12.2. The van der Waals surface area contributed by atoms with Gasteiger partial charge in [-0.25, -0.2) is 9.59 Å². The Morgan fingerprint density at radius 2 is 1.43 bits per heavy atom. The SMILES string of the molecule is O=C(O)C(=Cc1ccccc1-c1ccccc1[N+](=O)[O-])C(=O)O. The summed E-state index contributed by atoms with van der Waals surface area (Å²) in [5, 5.41) is 29.1. The molecule has 0 fully saturated rings.